The quantitative estimate of drug-likeness (QED) is 0.730. The van der Waals surface area contributed by atoms with Crippen LogP contribution in [0.15, 0.2) is 55.1 Å². The second kappa shape index (κ2) is 7.07. The van der Waals surface area contributed by atoms with Gasteiger partial charge >= 0.3 is 0 Å². The number of likely N-dealkylation sites (tertiary alicyclic amines) is 1. The van der Waals surface area contributed by atoms with Crippen LogP contribution in [-0.4, -0.2) is 43.4 Å². The normalized spacial score (nSPS) is 15.2. The summed E-state index contributed by atoms with van der Waals surface area (Å²) >= 11 is 0. The molecule has 0 bridgehead atoms. The fraction of sp³-hybridized carbons (Fsp3) is 0.300. The van der Waals surface area contributed by atoms with Gasteiger partial charge in [-0.2, -0.15) is 0 Å². The Hall–Kier alpha value is -3.02. The number of aromatic nitrogens is 4. The second-order valence-electron chi connectivity index (χ2n) is 6.57. The highest BCUT2D eigenvalue weighted by Gasteiger charge is 2.27. The molecule has 6 heteroatoms. The predicted molar refractivity (Wildman–Crippen MR) is 98.6 cm³/mol. The molecule has 1 amide bonds. The summed E-state index contributed by atoms with van der Waals surface area (Å²) in [6, 6.07) is 9.74. The molecule has 132 valence electrons. The average Bonchev–Trinajstić information content (AvgIpc) is 3.10. The van der Waals surface area contributed by atoms with Crippen LogP contribution in [0.3, 0.4) is 0 Å². The van der Waals surface area contributed by atoms with Crippen molar-refractivity contribution in [2.45, 2.75) is 25.8 Å². The Labute approximate surface area is 152 Å². The number of hydrogen-bond donors (Lipinski definition) is 0. The summed E-state index contributed by atoms with van der Waals surface area (Å²) < 4.78 is 2.29. The van der Waals surface area contributed by atoms with Gasteiger partial charge in [0.1, 0.15) is 11.5 Å². The first kappa shape index (κ1) is 16.4. The second-order valence-corrected chi connectivity index (χ2v) is 6.57. The van der Waals surface area contributed by atoms with Crippen LogP contribution in [0.1, 0.15) is 35.1 Å². The van der Waals surface area contributed by atoms with E-state index in [-0.39, 0.29) is 5.91 Å². The standard InChI is InChI=1S/C20H21N5O/c1-15-13-23-19(16-5-4-9-21-14-16)25(15)17-7-11-24(12-8-17)20(26)18-6-2-3-10-22-18/h2-6,9-10,13-14,17H,7-8,11-12H2,1H3. The smallest absolute Gasteiger partial charge is 0.272 e. The zero-order valence-electron chi connectivity index (χ0n) is 14.7. The van der Waals surface area contributed by atoms with Crippen LogP contribution in [0.25, 0.3) is 11.4 Å². The minimum absolute atomic E-state index is 0.0129. The maximum atomic E-state index is 12.6. The Kier molecular flexibility index (Phi) is 4.48. The number of carbonyl (C=O) groups is 1. The minimum Gasteiger partial charge on any atom is -0.337 e. The largest absolute Gasteiger partial charge is 0.337 e. The highest BCUT2D eigenvalue weighted by atomic mass is 16.2. The number of nitrogens with zero attached hydrogens (tertiary/aromatic N) is 5. The molecule has 0 aliphatic carbocycles. The van der Waals surface area contributed by atoms with E-state index in [4.69, 9.17) is 0 Å². The number of hydrogen-bond acceptors (Lipinski definition) is 4. The van der Waals surface area contributed by atoms with E-state index in [1.54, 1.807) is 18.5 Å². The summed E-state index contributed by atoms with van der Waals surface area (Å²) in [5, 5.41) is 0. The van der Waals surface area contributed by atoms with E-state index in [0.29, 0.717) is 11.7 Å². The molecule has 0 atom stereocenters. The number of imidazole rings is 1. The molecule has 1 saturated heterocycles. The zero-order chi connectivity index (χ0) is 17.9. The number of carbonyl (C=O) groups excluding carboxylic acids is 1. The van der Waals surface area contributed by atoms with Gasteiger partial charge in [0, 0.05) is 55.2 Å². The topological polar surface area (TPSA) is 63.9 Å². The van der Waals surface area contributed by atoms with E-state index in [2.05, 4.69) is 26.4 Å². The summed E-state index contributed by atoms with van der Waals surface area (Å²) in [7, 11) is 0. The molecule has 26 heavy (non-hydrogen) atoms. The van der Waals surface area contributed by atoms with Crippen molar-refractivity contribution in [3.63, 3.8) is 0 Å². The fourth-order valence-corrected chi connectivity index (χ4v) is 3.59. The Morgan fingerprint density at radius 3 is 2.58 bits per heavy atom. The SMILES string of the molecule is Cc1cnc(-c2cccnc2)n1C1CCN(C(=O)c2ccccn2)CC1. The summed E-state index contributed by atoms with van der Waals surface area (Å²) in [5.41, 5.74) is 2.67. The third-order valence-corrected chi connectivity index (χ3v) is 4.90. The van der Waals surface area contributed by atoms with Gasteiger partial charge in [0.25, 0.3) is 5.91 Å². The number of piperidine rings is 1. The molecular weight excluding hydrogens is 326 g/mol. The first-order chi connectivity index (χ1) is 12.7. The molecule has 0 radical (unpaired) electrons. The number of rotatable bonds is 3. The van der Waals surface area contributed by atoms with Crippen molar-refractivity contribution in [3.8, 4) is 11.4 Å². The molecule has 1 fully saturated rings. The van der Waals surface area contributed by atoms with E-state index >= 15 is 0 Å². The van der Waals surface area contributed by atoms with E-state index in [0.717, 1.165) is 43.0 Å². The minimum atomic E-state index is 0.0129. The monoisotopic (exact) mass is 347 g/mol. The van der Waals surface area contributed by atoms with Crippen molar-refractivity contribution in [1.82, 2.24) is 24.4 Å². The van der Waals surface area contributed by atoms with Gasteiger partial charge < -0.3 is 9.47 Å². The van der Waals surface area contributed by atoms with Gasteiger partial charge in [-0.1, -0.05) is 6.07 Å². The highest BCUT2D eigenvalue weighted by Crippen LogP contribution is 2.30. The van der Waals surface area contributed by atoms with Crippen molar-refractivity contribution in [2.24, 2.45) is 0 Å². The maximum Gasteiger partial charge on any atom is 0.272 e. The van der Waals surface area contributed by atoms with Gasteiger partial charge in [0.05, 0.1) is 0 Å². The summed E-state index contributed by atoms with van der Waals surface area (Å²) in [6.45, 7) is 3.53. The molecule has 1 aliphatic rings. The van der Waals surface area contributed by atoms with E-state index in [9.17, 15) is 4.79 Å². The third-order valence-electron chi connectivity index (χ3n) is 4.90. The lowest BCUT2D eigenvalue weighted by molar-refractivity contribution is 0.0688. The van der Waals surface area contributed by atoms with Crippen molar-refractivity contribution in [2.75, 3.05) is 13.1 Å². The first-order valence-electron chi connectivity index (χ1n) is 8.88. The van der Waals surface area contributed by atoms with Gasteiger partial charge in [-0.15, -0.1) is 0 Å². The Bertz CT molecular complexity index is 883. The van der Waals surface area contributed by atoms with Gasteiger partial charge in [0.2, 0.25) is 0 Å². The van der Waals surface area contributed by atoms with Crippen LogP contribution < -0.4 is 0 Å². The first-order valence-corrected chi connectivity index (χ1v) is 8.88. The van der Waals surface area contributed by atoms with E-state index < -0.39 is 0 Å². The number of amides is 1. The molecule has 3 aromatic rings. The van der Waals surface area contributed by atoms with Crippen molar-refractivity contribution in [1.29, 1.82) is 0 Å². The van der Waals surface area contributed by atoms with Gasteiger partial charge in [-0.05, 0) is 44.0 Å². The molecule has 4 heterocycles. The average molecular weight is 347 g/mol. The maximum absolute atomic E-state index is 12.6. The molecule has 0 unspecified atom stereocenters. The molecule has 6 nitrogen and oxygen atoms in total. The molecule has 0 spiro atoms. The van der Waals surface area contributed by atoms with Gasteiger partial charge in [-0.3, -0.25) is 14.8 Å². The fourth-order valence-electron chi connectivity index (χ4n) is 3.59. The summed E-state index contributed by atoms with van der Waals surface area (Å²) in [4.78, 5) is 27.5. The van der Waals surface area contributed by atoms with Gasteiger partial charge in [0.15, 0.2) is 0 Å². The molecular formula is C20H21N5O. The van der Waals surface area contributed by atoms with Crippen molar-refractivity contribution in [3.05, 3.63) is 66.5 Å². The summed E-state index contributed by atoms with van der Waals surface area (Å²) in [5.74, 6) is 0.962. The van der Waals surface area contributed by atoms with E-state index in [1.165, 1.54) is 0 Å². The summed E-state index contributed by atoms with van der Waals surface area (Å²) in [6.07, 6.45) is 9.00. The molecule has 0 N–H and O–H groups in total. The van der Waals surface area contributed by atoms with Gasteiger partial charge in [-0.25, -0.2) is 4.98 Å². The lowest BCUT2D eigenvalue weighted by Gasteiger charge is -2.33. The number of pyridine rings is 2. The van der Waals surface area contributed by atoms with E-state index in [1.807, 2.05) is 41.6 Å². The predicted octanol–water partition coefficient (Wildman–Crippen LogP) is 3.13. The highest BCUT2D eigenvalue weighted by molar-refractivity contribution is 5.92. The molecule has 1 aliphatic heterocycles. The third kappa shape index (κ3) is 3.10. The van der Waals surface area contributed by atoms with Crippen LogP contribution in [0, 0.1) is 6.92 Å². The van der Waals surface area contributed by atoms with Crippen LogP contribution in [0.4, 0.5) is 0 Å². The Morgan fingerprint density at radius 2 is 1.88 bits per heavy atom. The van der Waals surface area contributed by atoms with Crippen molar-refractivity contribution >= 4 is 5.91 Å². The van der Waals surface area contributed by atoms with Crippen molar-refractivity contribution < 1.29 is 4.79 Å². The lowest BCUT2D eigenvalue weighted by Crippen LogP contribution is -2.39. The molecule has 4 rings (SSSR count). The lowest BCUT2D eigenvalue weighted by atomic mass is 10.0. The molecule has 0 saturated carbocycles. The van der Waals surface area contributed by atoms with Crippen LogP contribution >= 0.6 is 0 Å². The molecule has 0 aromatic carbocycles. The van der Waals surface area contributed by atoms with Crippen LogP contribution in [-0.2, 0) is 0 Å². The Balaban J connectivity index is 1.51. The van der Waals surface area contributed by atoms with Crippen LogP contribution in [0.2, 0.25) is 0 Å². The Morgan fingerprint density at radius 1 is 1.04 bits per heavy atom. The zero-order valence-corrected chi connectivity index (χ0v) is 14.7. The number of aryl methyl sites for hydroxylation is 1. The van der Waals surface area contributed by atoms with Crippen LogP contribution in [0.5, 0.6) is 0 Å². The molecule has 3 aromatic heterocycles.